The zero-order chi connectivity index (χ0) is 15.3. The van der Waals surface area contributed by atoms with Crippen molar-refractivity contribution >= 4 is 5.95 Å². The van der Waals surface area contributed by atoms with E-state index in [4.69, 9.17) is 10.5 Å². The molecule has 0 saturated carbocycles. The Labute approximate surface area is 127 Å². The first kappa shape index (κ1) is 16.0. The Morgan fingerprint density at radius 2 is 2.00 bits per heavy atom. The molecule has 1 aromatic heterocycles. The van der Waals surface area contributed by atoms with Gasteiger partial charge in [-0.1, -0.05) is 6.92 Å². The monoisotopic (exact) mass is 293 g/mol. The van der Waals surface area contributed by atoms with Crippen LogP contribution in [-0.4, -0.2) is 59.7 Å². The molecule has 1 saturated heterocycles. The van der Waals surface area contributed by atoms with Gasteiger partial charge in [-0.2, -0.15) is 4.98 Å². The van der Waals surface area contributed by atoms with Gasteiger partial charge < -0.3 is 15.4 Å². The largest absolute Gasteiger partial charge is 0.478 e. The van der Waals surface area contributed by atoms with Gasteiger partial charge in [0.15, 0.2) is 0 Å². The molecule has 0 unspecified atom stereocenters. The van der Waals surface area contributed by atoms with E-state index >= 15 is 0 Å². The number of aromatic nitrogens is 2. The van der Waals surface area contributed by atoms with Crippen molar-refractivity contribution in [2.45, 2.75) is 32.7 Å². The molecule has 0 spiro atoms. The Balaban J connectivity index is 1.96. The van der Waals surface area contributed by atoms with Gasteiger partial charge in [-0.05, 0) is 20.3 Å². The number of rotatable bonds is 6. The lowest BCUT2D eigenvalue weighted by molar-refractivity contribution is 0.118. The highest BCUT2D eigenvalue weighted by atomic mass is 16.5. The van der Waals surface area contributed by atoms with Crippen molar-refractivity contribution in [1.29, 1.82) is 0 Å². The standard InChI is InChI=1S/C15H27N5O/c1-4-11-21-13-5-6-17-14(18-13)19-7-9-20(10-8-19)15(2,3)12-16/h5-6H,4,7-12,16H2,1-3H3. The lowest BCUT2D eigenvalue weighted by Crippen LogP contribution is -2.57. The van der Waals surface area contributed by atoms with E-state index in [-0.39, 0.29) is 5.54 Å². The highest BCUT2D eigenvalue weighted by Gasteiger charge is 2.29. The average molecular weight is 293 g/mol. The van der Waals surface area contributed by atoms with E-state index in [9.17, 15) is 0 Å². The molecule has 1 aliphatic heterocycles. The van der Waals surface area contributed by atoms with Crippen LogP contribution in [0.3, 0.4) is 0 Å². The topological polar surface area (TPSA) is 67.5 Å². The van der Waals surface area contributed by atoms with Gasteiger partial charge in [0.05, 0.1) is 6.61 Å². The zero-order valence-electron chi connectivity index (χ0n) is 13.4. The maximum absolute atomic E-state index is 5.85. The molecule has 0 aromatic carbocycles. The number of nitrogens with two attached hydrogens (primary N) is 1. The van der Waals surface area contributed by atoms with Crippen LogP contribution < -0.4 is 15.4 Å². The molecule has 1 fully saturated rings. The number of nitrogens with zero attached hydrogens (tertiary/aromatic N) is 4. The number of ether oxygens (including phenoxy) is 1. The van der Waals surface area contributed by atoms with Gasteiger partial charge in [0.25, 0.3) is 0 Å². The molecule has 2 N–H and O–H groups in total. The van der Waals surface area contributed by atoms with Crippen LogP contribution >= 0.6 is 0 Å². The summed E-state index contributed by atoms with van der Waals surface area (Å²) in [4.78, 5) is 13.5. The SMILES string of the molecule is CCCOc1ccnc(N2CCN(C(C)(C)CN)CC2)n1. The van der Waals surface area contributed by atoms with E-state index in [1.807, 2.05) is 6.07 Å². The van der Waals surface area contributed by atoms with Gasteiger partial charge in [0.1, 0.15) is 0 Å². The predicted molar refractivity (Wildman–Crippen MR) is 84.7 cm³/mol. The normalized spacial score (nSPS) is 17.0. The van der Waals surface area contributed by atoms with E-state index in [1.165, 1.54) is 0 Å². The van der Waals surface area contributed by atoms with E-state index in [1.54, 1.807) is 6.20 Å². The van der Waals surface area contributed by atoms with Crippen molar-refractivity contribution in [3.05, 3.63) is 12.3 Å². The van der Waals surface area contributed by atoms with Crippen LogP contribution in [0.25, 0.3) is 0 Å². The Hall–Kier alpha value is -1.40. The maximum atomic E-state index is 5.85. The predicted octanol–water partition coefficient (Wildman–Crippen LogP) is 1.12. The molecule has 6 heteroatoms. The number of hydrogen-bond acceptors (Lipinski definition) is 6. The van der Waals surface area contributed by atoms with Gasteiger partial charge in [-0.3, -0.25) is 4.90 Å². The zero-order valence-corrected chi connectivity index (χ0v) is 13.4. The van der Waals surface area contributed by atoms with Gasteiger partial charge in [-0.15, -0.1) is 0 Å². The number of hydrogen-bond donors (Lipinski definition) is 1. The fourth-order valence-corrected chi connectivity index (χ4v) is 2.41. The van der Waals surface area contributed by atoms with Crippen LogP contribution in [0.2, 0.25) is 0 Å². The molecule has 0 amide bonds. The minimum atomic E-state index is 0.0546. The van der Waals surface area contributed by atoms with Crippen LogP contribution in [0.4, 0.5) is 5.95 Å². The van der Waals surface area contributed by atoms with Crippen LogP contribution in [0, 0.1) is 0 Å². The number of anilines is 1. The quantitative estimate of drug-likeness (QED) is 0.848. The first-order valence-electron chi connectivity index (χ1n) is 7.72. The molecule has 0 aliphatic carbocycles. The molecule has 118 valence electrons. The minimum absolute atomic E-state index is 0.0546. The van der Waals surface area contributed by atoms with Crippen molar-refractivity contribution in [2.24, 2.45) is 5.73 Å². The molecule has 0 radical (unpaired) electrons. The first-order chi connectivity index (χ1) is 10.1. The van der Waals surface area contributed by atoms with Crippen molar-refractivity contribution in [3.8, 4) is 5.88 Å². The minimum Gasteiger partial charge on any atom is -0.478 e. The summed E-state index contributed by atoms with van der Waals surface area (Å²) in [5.74, 6) is 1.42. The molecule has 1 aliphatic rings. The van der Waals surface area contributed by atoms with Crippen molar-refractivity contribution in [1.82, 2.24) is 14.9 Å². The van der Waals surface area contributed by atoms with E-state index in [2.05, 4.69) is 40.5 Å². The summed E-state index contributed by atoms with van der Waals surface area (Å²) >= 11 is 0. The average Bonchev–Trinajstić information content (AvgIpc) is 2.53. The van der Waals surface area contributed by atoms with Gasteiger partial charge in [0, 0.05) is 50.5 Å². The maximum Gasteiger partial charge on any atom is 0.228 e. The van der Waals surface area contributed by atoms with Crippen LogP contribution in [0.1, 0.15) is 27.2 Å². The molecule has 6 nitrogen and oxygen atoms in total. The molecule has 21 heavy (non-hydrogen) atoms. The summed E-state index contributed by atoms with van der Waals surface area (Å²) in [6, 6.07) is 1.81. The highest BCUT2D eigenvalue weighted by Crippen LogP contribution is 2.19. The van der Waals surface area contributed by atoms with Gasteiger partial charge >= 0.3 is 0 Å². The van der Waals surface area contributed by atoms with E-state index < -0.39 is 0 Å². The second-order valence-electron chi connectivity index (χ2n) is 6.03. The Bertz CT molecular complexity index is 443. The summed E-state index contributed by atoms with van der Waals surface area (Å²) < 4.78 is 5.57. The van der Waals surface area contributed by atoms with Gasteiger partial charge in [-0.25, -0.2) is 4.98 Å². The molecule has 1 aromatic rings. The van der Waals surface area contributed by atoms with Crippen molar-refractivity contribution in [2.75, 3.05) is 44.2 Å². The van der Waals surface area contributed by atoms with Crippen LogP contribution in [0.15, 0.2) is 12.3 Å². The van der Waals surface area contributed by atoms with Crippen molar-refractivity contribution < 1.29 is 4.74 Å². The fraction of sp³-hybridized carbons (Fsp3) is 0.733. The Kier molecular flexibility index (Phi) is 5.36. The highest BCUT2D eigenvalue weighted by molar-refractivity contribution is 5.32. The molecule has 2 heterocycles. The summed E-state index contributed by atoms with van der Waals surface area (Å²) in [5, 5.41) is 0. The summed E-state index contributed by atoms with van der Waals surface area (Å²) in [7, 11) is 0. The smallest absolute Gasteiger partial charge is 0.228 e. The third-order valence-electron chi connectivity index (χ3n) is 3.99. The fourth-order valence-electron chi connectivity index (χ4n) is 2.41. The van der Waals surface area contributed by atoms with Crippen LogP contribution in [0.5, 0.6) is 5.88 Å². The van der Waals surface area contributed by atoms with E-state index in [0.29, 0.717) is 19.0 Å². The second-order valence-corrected chi connectivity index (χ2v) is 6.03. The molecule has 2 rings (SSSR count). The Morgan fingerprint density at radius 3 is 2.62 bits per heavy atom. The van der Waals surface area contributed by atoms with Crippen molar-refractivity contribution in [3.63, 3.8) is 0 Å². The third-order valence-corrected chi connectivity index (χ3v) is 3.99. The first-order valence-corrected chi connectivity index (χ1v) is 7.72. The Morgan fingerprint density at radius 1 is 1.29 bits per heavy atom. The molecular weight excluding hydrogens is 266 g/mol. The second kappa shape index (κ2) is 7.04. The summed E-state index contributed by atoms with van der Waals surface area (Å²) in [6.45, 7) is 11.6. The summed E-state index contributed by atoms with van der Waals surface area (Å²) in [5.41, 5.74) is 5.91. The lowest BCUT2D eigenvalue weighted by Gasteiger charge is -2.43. The molecular formula is C15H27N5O. The third kappa shape index (κ3) is 4.04. The van der Waals surface area contributed by atoms with Crippen LogP contribution in [-0.2, 0) is 0 Å². The van der Waals surface area contributed by atoms with Gasteiger partial charge in [0.2, 0.25) is 11.8 Å². The lowest BCUT2D eigenvalue weighted by atomic mass is 10.0. The molecule has 0 bridgehead atoms. The van der Waals surface area contributed by atoms with E-state index in [0.717, 1.165) is 38.5 Å². The number of piperazine rings is 1. The molecule has 0 atom stereocenters. The summed E-state index contributed by atoms with van der Waals surface area (Å²) in [6.07, 6.45) is 2.75.